The lowest BCUT2D eigenvalue weighted by Crippen LogP contribution is -2.56. The number of hydrazone groups is 1. The molecule has 1 atom stereocenters. The second-order valence-electron chi connectivity index (χ2n) is 4.89. The summed E-state index contributed by atoms with van der Waals surface area (Å²) in [6.07, 6.45) is -4.80. The molecule has 4 nitrogen and oxygen atoms in total. The van der Waals surface area contributed by atoms with Crippen molar-refractivity contribution >= 4 is 11.6 Å². The number of rotatable bonds is 3. The van der Waals surface area contributed by atoms with Gasteiger partial charge >= 0.3 is 6.18 Å². The summed E-state index contributed by atoms with van der Waals surface area (Å²) >= 11 is 0. The average molecular weight is 300 g/mol. The van der Waals surface area contributed by atoms with Crippen molar-refractivity contribution in [2.45, 2.75) is 38.1 Å². The molecule has 1 amide bonds. The molecule has 1 aromatic carbocycles. The van der Waals surface area contributed by atoms with Crippen molar-refractivity contribution in [2.24, 2.45) is 5.10 Å². The zero-order chi connectivity index (χ0) is 15.7. The Hall–Kier alpha value is -1.89. The van der Waals surface area contributed by atoms with Gasteiger partial charge in [0.1, 0.15) is 0 Å². The molecule has 1 unspecified atom stereocenters. The van der Waals surface area contributed by atoms with Gasteiger partial charge in [-0.2, -0.15) is 23.3 Å². The Morgan fingerprint density at radius 1 is 1.38 bits per heavy atom. The third kappa shape index (κ3) is 2.78. The second kappa shape index (κ2) is 5.48. The Labute approximate surface area is 119 Å². The normalized spacial score (nSPS) is 22.3. The lowest BCUT2D eigenvalue weighted by atomic mass is 10.0. The quantitative estimate of drug-likeness (QED) is 0.933. The van der Waals surface area contributed by atoms with Crippen molar-refractivity contribution in [2.75, 3.05) is 0 Å². The van der Waals surface area contributed by atoms with Crippen molar-refractivity contribution < 1.29 is 23.1 Å². The van der Waals surface area contributed by atoms with Crippen molar-refractivity contribution in [1.82, 2.24) is 5.01 Å². The number of amides is 1. The minimum absolute atomic E-state index is 0.0432. The molecule has 0 saturated carbocycles. The smallest absolute Gasteiger partial charge is 0.362 e. The van der Waals surface area contributed by atoms with Crippen LogP contribution in [0.3, 0.4) is 0 Å². The Bertz CT molecular complexity index is 557. The van der Waals surface area contributed by atoms with E-state index in [1.54, 1.807) is 13.0 Å². The van der Waals surface area contributed by atoms with Crippen molar-refractivity contribution in [1.29, 1.82) is 0 Å². The van der Waals surface area contributed by atoms with Crippen LogP contribution in [-0.4, -0.2) is 33.6 Å². The Balaban J connectivity index is 2.39. The van der Waals surface area contributed by atoms with Gasteiger partial charge in [-0.25, -0.2) is 0 Å². The summed E-state index contributed by atoms with van der Waals surface area (Å²) in [5.74, 6) is -0.971. The fourth-order valence-electron chi connectivity index (χ4n) is 2.18. The van der Waals surface area contributed by atoms with Crippen LogP contribution in [0.4, 0.5) is 13.2 Å². The highest BCUT2D eigenvalue weighted by Crippen LogP contribution is 2.41. The third-order valence-electron chi connectivity index (χ3n) is 3.25. The minimum Gasteiger partial charge on any atom is -0.362 e. The van der Waals surface area contributed by atoms with Crippen LogP contribution in [0.25, 0.3) is 0 Å². The highest BCUT2D eigenvalue weighted by atomic mass is 19.4. The van der Waals surface area contributed by atoms with Crippen molar-refractivity contribution in [3.63, 3.8) is 0 Å². The van der Waals surface area contributed by atoms with E-state index >= 15 is 0 Å². The van der Waals surface area contributed by atoms with Gasteiger partial charge in [-0.3, -0.25) is 4.79 Å². The molecule has 0 spiro atoms. The number of benzene rings is 1. The first-order valence-corrected chi connectivity index (χ1v) is 6.54. The molecule has 1 N–H and O–H groups in total. The molecule has 1 aromatic rings. The van der Waals surface area contributed by atoms with Crippen LogP contribution in [0.5, 0.6) is 0 Å². The largest absolute Gasteiger partial charge is 0.438 e. The van der Waals surface area contributed by atoms with Gasteiger partial charge in [0.2, 0.25) is 0 Å². The SMILES string of the molecule is CCCC1=NN(C(=O)c2ccccc2)C(O)(C(F)(F)F)C1. The van der Waals surface area contributed by atoms with E-state index in [4.69, 9.17) is 0 Å². The fourth-order valence-corrected chi connectivity index (χ4v) is 2.18. The standard InChI is InChI=1S/C14H15F3N2O2/c1-2-6-11-9-13(21,14(15,16)17)19(18-11)12(20)10-7-4-3-5-8-10/h3-5,7-8,21H,2,6,9H2,1H3. The number of carbonyl (C=O) groups excluding carboxylic acids is 1. The first-order valence-electron chi connectivity index (χ1n) is 6.54. The maximum absolute atomic E-state index is 13.2. The molecule has 0 aromatic heterocycles. The molecule has 1 heterocycles. The molecule has 1 aliphatic heterocycles. The van der Waals surface area contributed by atoms with Crippen molar-refractivity contribution in [3.8, 4) is 0 Å². The summed E-state index contributed by atoms with van der Waals surface area (Å²) in [5, 5.41) is 13.8. The topological polar surface area (TPSA) is 52.9 Å². The van der Waals surface area contributed by atoms with E-state index < -0.39 is 24.2 Å². The number of hydrogen-bond acceptors (Lipinski definition) is 3. The lowest BCUT2D eigenvalue weighted by Gasteiger charge is -2.32. The highest BCUT2D eigenvalue weighted by Gasteiger charge is 2.63. The van der Waals surface area contributed by atoms with Gasteiger partial charge in [-0.05, 0) is 18.6 Å². The summed E-state index contributed by atoms with van der Waals surface area (Å²) in [4.78, 5) is 12.2. The molecule has 1 aliphatic rings. The van der Waals surface area contributed by atoms with Crippen LogP contribution in [0, 0.1) is 0 Å². The van der Waals surface area contributed by atoms with E-state index in [2.05, 4.69) is 5.10 Å². The van der Waals surface area contributed by atoms with Gasteiger partial charge < -0.3 is 5.11 Å². The third-order valence-corrected chi connectivity index (χ3v) is 3.25. The summed E-state index contributed by atoms with van der Waals surface area (Å²) in [6.45, 7) is 1.79. The fraction of sp³-hybridized carbons (Fsp3) is 0.429. The summed E-state index contributed by atoms with van der Waals surface area (Å²) in [5.41, 5.74) is -3.06. The number of carbonyl (C=O) groups is 1. The predicted octanol–water partition coefficient (Wildman–Crippen LogP) is 2.94. The Morgan fingerprint density at radius 3 is 2.52 bits per heavy atom. The molecule has 0 aliphatic carbocycles. The predicted molar refractivity (Wildman–Crippen MR) is 70.6 cm³/mol. The molecule has 0 bridgehead atoms. The number of hydrogen-bond donors (Lipinski definition) is 1. The number of alkyl halides is 3. The molecule has 0 radical (unpaired) electrons. The van der Waals surface area contributed by atoms with Crippen LogP contribution in [0.2, 0.25) is 0 Å². The van der Waals surface area contributed by atoms with Gasteiger partial charge in [0.25, 0.3) is 11.6 Å². The first-order chi connectivity index (χ1) is 9.79. The van der Waals surface area contributed by atoms with Crippen LogP contribution < -0.4 is 0 Å². The Kier molecular flexibility index (Phi) is 4.04. The average Bonchev–Trinajstić information content (AvgIpc) is 2.77. The molecular weight excluding hydrogens is 285 g/mol. The summed E-state index contributed by atoms with van der Waals surface area (Å²) < 4.78 is 39.5. The van der Waals surface area contributed by atoms with E-state index in [1.807, 2.05) is 0 Å². The molecule has 0 saturated heterocycles. The minimum atomic E-state index is -4.98. The molecule has 2 rings (SSSR count). The Morgan fingerprint density at radius 2 is 2.00 bits per heavy atom. The van der Waals surface area contributed by atoms with Gasteiger partial charge in [0, 0.05) is 17.7 Å². The van der Waals surface area contributed by atoms with Gasteiger partial charge in [0.15, 0.2) is 0 Å². The van der Waals surface area contributed by atoms with Crippen LogP contribution >= 0.6 is 0 Å². The van der Waals surface area contributed by atoms with E-state index in [9.17, 15) is 23.1 Å². The molecule has 7 heteroatoms. The molecule has 21 heavy (non-hydrogen) atoms. The van der Waals surface area contributed by atoms with E-state index in [0.29, 0.717) is 12.8 Å². The molecular formula is C14H15F3N2O2. The van der Waals surface area contributed by atoms with E-state index in [1.165, 1.54) is 24.3 Å². The monoisotopic (exact) mass is 300 g/mol. The van der Waals surface area contributed by atoms with E-state index in [-0.39, 0.29) is 16.3 Å². The van der Waals surface area contributed by atoms with Crippen LogP contribution in [0.15, 0.2) is 35.4 Å². The summed E-state index contributed by atoms with van der Waals surface area (Å²) in [7, 11) is 0. The summed E-state index contributed by atoms with van der Waals surface area (Å²) in [6, 6.07) is 7.47. The molecule has 114 valence electrons. The van der Waals surface area contributed by atoms with Gasteiger partial charge in [-0.1, -0.05) is 31.5 Å². The van der Waals surface area contributed by atoms with E-state index in [0.717, 1.165) is 0 Å². The first kappa shape index (κ1) is 15.5. The maximum atomic E-state index is 13.2. The maximum Gasteiger partial charge on any atom is 0.438 e. The zero-order valence-corrected chi connectivity index (χ0v) is 11.4. The van der Waals surface area contributed by atoms with Crippen LogP contribution in [-0.2, 0) is 0 Å². The van der Waals surface area contributed by atoms with Gasteiger partial charge in [0.05, 0.1) is 0 Å². The lowest BCUT2D eigenvalue weighted by molar-refractivity contribution is -0.297. The second-order valence-corrected chi connectivity index (χ2v) is 4.89. The number of aliphatic hydroxyl groups is 1. The number of halogens is 3. The number of nitrogens with zero attached hydrogens (tertiary/aromatic N) is 2. The highest BCUT2D eigenvalue weighted by molar-refractivity contribution is 5.98. The zero-order valence-electron chi connectivity index (χ0n) is 11.4. The van der Waals surface area contributed by atoms with Gasteiger partial charge in [-0.15, -0.1) is 0 Å². The van der Waals surface area contributed by atoms with Crippen molar-refractivity contribution in [3.05, 3.63) is 35.9 Å². The van der Waals surface area contributed by atoms with Crippen LogP contribution in [0.1, 0.15) is 36.5 Å². The molecule has 0 fully saturated rings.